The summed E-state index contributed by atoms with van der Waals surface area (Å²) >= 11 is 0. The molecule has 0 amide bonds. The van der Waals surface area contributed by atoms with Crippen LogP contribution in [0.3, 0.4) is 0 Å². The lowest BCUT2D eigenvalue weighted by Gasteiger charge is -2.49. The molecule has 0 spiro atoms. The molecule has 0 aliphatic heterocycles. The van der Waals surface area contributed by atoms with Crippen molar-refractivity contribution >= 4 is 11.6 Å². The van der Waals surface area contributed by atoms with Crippen LogP contribution in [0.25, 0.3) is 0 Å². The molecule has 158 valence electrons. The smallest absolute Gasteiger partial charge is 0.159 e. The predicted octanol–water partition coefficient (Wildman–Crippen LogP) is 3.92. The Bertz CT molecular complexity index is 802. The first kappa shape index (κ1) is 20.7. The second-order valence-electron chi connectivity index (χ2n) is 10.3. The molecule has 2 fully saturated rings. The minimum absolute atomic E-state index is 0.0526. The van der Waals surface area contributed by atoms with Crippen LogP contribution in [0, 0.1) is 29.1 Å². The summed E-state index contributed by atoms with van der Waals surface area (Å²) in [5.41, 5.74) is 1.50. The van der Waals surface area contributed by atoms with E-state index in [4.69, 9.17) is 0 Å². The van der Waals surface area contributed by atoms with Crippen molar-refractivity contribution in [3.8, 4) is 0 Å². The molecule has 2 N–H and O–H groups in total. The molecule has 0 heterocycles. The minimum atomic E-state index is -1.03. The Kier molecular flexibility index (Phi) is 5.23. The molecular formula is C25H34O4. The number of hydrogen-bond donors (Lipinski definition) is 2. The van der Waals surface area contributed by atoms with Crippen LogP contribution in [-0.2, 0) is 9.59 Å². The molecule has 29 heavy (non-hydrogen) atoms. The molecule has 4 rings (SSSR count). The zero-order valence-corrected chi connectivity index (χ0v) is 17.9. The van der Waals surface area contributed by atoms with Gasteiger partial charge in [0.25, 0.3) is 0 Å². The van der Waals surface area contributed by atoms with Crippen LogP contribution in [0.5, 0.6) is 0 Å². The quantitative estimate of drug-likeness (QED) is 0.558. The van der Waals surface area contributed by atoms with Crippen LogP contribution in [0.1, 0.15) is 65.7 Å². The monoisotopic (exact) mass is 398 g/mol. The summed E-state index contributed by atoms with van der Waals surface area (Å²) in [6.07, 6.45) is 12.7. The van der Waals surface area contributed by atoms with E-state index in [1.54, 1.807) is 6.08 Å². The van der Waals surface area contributed by atoms with Gasteiger partial charge in [0.2, 0.25) is 0 Å². The number of ketones is 2. The van der Waals surface area contributed by atoms with Crippen molar-refractivity contribution in [3.63, 3.8) is 0 Å². The maximum Gasteiger partial charge on any atom is 0.159 e. The van der Waals surface area contributed by atoms with Crippen LogP contribution in [0.4, 0.5) is 0 Å². The molecule has 4 nitrogen and oxygen atoms in total. The molecule has 0 aromatic carbocycles. The predicted molar refractivity (Wildman–Crippen MR) is 112 cm³/mol. The van der Waals surface area contributed by atoms with Gasteiger partial charge in [0.05, 0.1) is 11.7 Å². The van der Waals surface area contributed by atoms with Crippen molar-refractivity contribution in [2.45, 2.75) is 77.4 Å². The Morgan fingerprint density at radius 3 is 2.79 bits per heavy atom. The largest absolute Gasteiger partial charge is 0.393 e. The number of aliphatic hydroxyl groups excluding tert-OH is 1. The second kappa shape index (κ2) is 7.31. The number of carbonyl (C=O) groups excluding carboxylic acids is 2. The maximum absolute atomic E-state index is 13.0. The van der Waals surface area contributed by atoms with E-state index in [0.29, 0.717) is 24.7 Å². The molecule has 0 radical (unpaired) electrons. The molecule has 0 unspecified atom stereocenters. The summed E-state index contributed by atoms with van der Waals surface area (Å²) in [4.78, 5) is 24.4. The number of allylic oxidation sites excluding steroid dienone is 4. The van der Waals surface area contributed by atoms with Crippen LogP contribution < -0.4 is 0 Å². The molecule has 4 aliphatic carbocycles. The number of aliphatic hydroxyl groups is 2. The van der Waals surface area contributed by atoms with Crippen LogP contribution in [0.15, 0.2) is 35.5 Å². The SMILES string of the molecule is CC(=O)/C=C/[C@](C)(O)[C@H]1CC[C@H]2C3=CC(=O)[C@H]4CC(=CC[C@H](O)C4)[C@H]3CC[C@@]21C. The third kappa shape index (κ3) is 3.59. The summed E-state index contributed by atoms with van der Waals surface area (Å²) in [6.45, 7) is 5.60. The highest BCUT2D eigenvalue weighted by molar-refractivity contribution is 5.93. The molecule has 2 saturated carbocycles. The van der Waals surface area contributed by atoms with Crippen molar-refractivity contribution in [3.05, 3.63) is 35.5 Å². The van der Waals surface area contributed by atoms with Gasteiger partial charge in [0, 0.05) is 11.8 Å². The zero-order valence-electron chi connectivity index (χ0n) is 17.9. The first-order valence-electron chi connectivity index (χ1n) is 11.2. The Balaban J connectivity index is 1.68. The van der Waals surface area contributed by atoms with E-state index >= 15 is 0 Å². The molecule has 0 saturated heterocycles. The molecule has 2 bridgehead atoms. The molecule has 4 aliphatic rings. The van der Waals surface area contributed by atoms with Crippen LogP contribution in [-0.4, -0.2) is 33.5 Å². The highest BCUT2D eigenvalue weighted by atomic mass is 16.3. The van der Waals surface area contributed by atoms with E-state index in [1.807, 2.05) is 13.0 Å². The molecule has 7 atom stereocenters. The van der Waals surface area contributed by atoms with Gasteiger partial charge in [-0.25, -0.2) is 0 Å². The standard InChI is InChI=1S/C25H34O4/c1-15(26)8-11-25(3,29)23-7-6-21-20-14-22(28)17-12-16(4-5-18(27)13-17)19(20)9-10-24(21,23)2/h4,8,11,14,17-19,21,23,27,29H,5-7,9-10,12-13H2,1-3H3/b11-8+/t17-,18-,19+,21-,23-,24-,25-/m0/s1. The lowest BCUT2D eigenvalue weighted by molar-refractivity contribution is -0.119. The van der Waals surface area contributed by atoms with Gasteiger partial charge in [-0.3, -0.25) is 9.59 Å². The van der Waals surface area contributed by atoms with Crippen LogP contribution >= 0.6 is 0 Å². The lowest BCUT2D eigenvalue weighted by Crippen LogP contribution is -2.45. The van der Waals surface area contributed by atoms with Crippen molar-refractivity contribution < 1.29 is 19.8 Å². The normalized spacial score (nSPS) is 41.6. The summed E-state index contributed by atoms with van der Waals surface area (Å²) in [7, 11) is 0. The maximum atomic E-state index is 13.0. The summed E-state index contributed by atoms with van der Waals surface area (Å²) in [5.74, 6) is 0.687. The Labute approximate surface area is 173 Å². The minimum Gasteiger partial charge on any atom is -0.393 e. The Morgan fingerprint density at radius 2 is 2.07 bits per heavy atom. The fourth-order valence-corrected chi connectivity index (χ4v) is 6.91. The second-order valence-corrected chi connectivity index (χ2v) is 10.3. The van der Waals surface area contributed by atoms with Crippen molar-refractivity contribution in [2.75, 3.05) is 0 Å². The van der Waals surface area contributed by atoms with E-state index in [1.165, 1.54) is 24.1 Å². The van der Waals surface area contributed by atoms with Gasteiger partial charge in [-0.2, -0.15) is 0 Å². The number of hydrogen-bond acceptors (Lipinski definition) is 4. The van der Waals surface area contributed by atoms with Gasteiger partial charge in [-0.1, -0.05) is 24.1 Å². The number of rotatable bonds is 3. The van der Waals surface area contributed by atoms with Gasteiger partial charge in [-0.05, 0) is 94.3 Å². The van der Waals surface area contributed by atoms with Gasteiger partial charge in [-0.15, -0.1) is 0 Å². The van der Waals surface area contributed by atoms with E-state index in [0.717, 1.165) is 32.1 Å². The third-order valence-corrected chi connectivity index (χ3v) is 8.32. The van der Waals surface area contributed by atoms with E-state index < -0.39 is 11.7 Å². The Morgan fingerprint density at radius 1 is 1.31 bits per heavy atom. The summed E-state index contributed by atoms with van der Waals surface area (Å²) in [6, 6.07) is 0. The Hall–Kier alpha value is -1.52. The molecule has 4 heteroatoms. The molecule has 0 aromatic rings. The highest BCUT2D eigenvalue weighted by Gasteiger charge is 2.57. The number of carbonyl (C=O) groups is 2. The first-order valence-corrected chi connectivity index (χ1v) is 11.2. The van der Waals surface area contributed by atoms with E-state index in [2.05, 4.69) is 13.0 Å². The van der Waals surface area contributed by atoms with Crippen LogP contribution in [0.2, 0.25) is 0 Å². The van der Waals surface area contributed by atoms with Gasteiger partial charge >= 0.3 is 0 Å². The lowest BCUT2D eigenvalue weighted by atomic mass is 9.57. The third-order valence-electron chi connectivity index (χ3n) is 8.32. The zero-order chi connectivity index (χ0) is 21.0. The van der Waals surface area contributed by atoms with Crippen molar-refractivity contribution in [2.24, 2.45) is 29.1 Å². The topological polar surface area (TPSA) is 74.6 Å². The first-order chi connectivity index (χ1) is 13.6. The van der Waals surface area contributed by atoms with Crippen molar-refractivity contribution in [1.29, 1.82) is 0 Å². The van der Waals surface area contributed by atoms with Crippen molar-refractivity contribution in [1.82, 2.24) is 0 Å². The van der Waals surface area contributed by atoms with Gasteiger partial charge < -0.3 is 10.2 Å². The summed E-state index contributed by atoms with van der Waals surface area (Å²) < 4.78 is 0. The fourth-order valence-electron chi connectivity index (χ4n) is 6.91. The van der Waals surface area contributed by atoms with Gasteiger partial charge in [0.1, 0.15) is 0 Å². The summed E-state index contributed by atoms with van der Waals surface area (Å²) in [5, 5.41) is 21.4. The average molecular weight is 399 g/mol. The van der Waals surface area contributed by atoms with Gasteiger partial charge in [0.15, 0.2) is 11.6 Å². The van der Waals surface area contributed by atoms with E-state index in [9.17, 15) is 19.8 Å². The highest BCUT2D eigenvalue weighted by Crippen LogP contribution is 2.63. The number of fused-ring (bicyclic) bond motifs is 6. The molecular weight excluding hydrogens is 364 g/mol. The van der Waals surface area contributed by atoms with E-state index in [-0.39, 0.29) is 28.8 Å². The fraction of sp³-hybridized carbons (Fsp3) is 0.680. The molecule has 0 aromatic heterocycles. The average Bonchev–Trinajstić information content (AvgIpc) is 2.81.